The van der Waals surface area contributed by atoms with Crippen molar-refractivity contribution in [1.82, 2.24) is 9.55 Å². The van der Waals surface area contributed by atoms with Gasteiger partial charge in [-0.1, -0.05) is 6.42 Å². The molecule has 0 spiro atoms. The Morgan fingerprint density at radius 2 is 2.46 bits per heavy atom. The third kappa shape index (κ3) is 1.42. The topological polar surface area (TPSA) is 58.0 Å². The quantitative estimate of drug-likeness (QED) is 0.700. The van der Waals surface area contributed by atoms with E-state index in [1.807, 2.05) is 0 Å². The van der Waals surface area contributed by atoms with Gasteiger partial charge in [0.05, 0.1) is 0 Å². The minimum atomic E-state index is -0.0645. The van der Waals surface area contributed by atoms with Gasteiger partial charge in [-0.2, -0.15) is 0 Å². The molecule has 2 rings (SSSR count). The molecule has 4 heteroatoms. The minimum Gasteiger partial charge on any atom is -0.396 e. The highest BCUT2D eigenvalue weighted by Gasteiger charge is 2.28. The van der Waals surface area contributed by atoms with E-state index in [2.05, 4.69) is 4.98 Å². The van der Waals surface area contributed by atoms with Crippen molar-refractivity contribution in [2.75, 3.05) is 6.61 Å². The summed E-state index contributed by atoms with van der Waals surface area (Å²) < 4.78 is 1.70. The Morgan fingerprint density at radius 3 is 3.08 bits per heavy atom. The van der Waals surface area contributed by atoms with E-state index in [4.69, 9.17) is 5.11 Å². The van der Waals surface area contributed by atoms with Gasteiger partial charge in [0, 0.05) is 31.0 Å². The summed E-state index contributed by atoms with van der Waals surface area (Å²) in [5.41, 5.74) is -0.0645. The van der Waals surface area contributed by atoms with Crippen LogP contribution < -0.4 is 5.69 Å². The van der Waals surface area contributed by atoms with Gasteiger partial charge in [0.2, 0.25) is 0 Å². The maximum Gasteiger partial charge on any atom is 0.325 e. The van der Waals surface area contributed by atoms with Gasteiger partial charge in [-0.15, -0.1) is 0 Å². The van der Waals surface area contributed by atoms with Gasteiger partial charge in [-0.3, -0.25) is 4.57 Å². The second-order valence-corrected chi connectivity index (χ2v) is 3.61. The number of aromatic nitrogens is 2. The predicted molar refractivity (Wildman–Crippen MR) is 48.5 cm³/mol. The van der Waals surface area contributed by atoms with E-state index in [9.17, 15) is 4.79 Å². The summed E-state index contributed by atoms with van der Waals surface area (Å²) in [5.74, 6) is 0.258. The highest BCUT2D eigenvalue weighted by molar-refractivity contribution is 4.88. The van der Waals surface area contributed by atoms with Gasteiger partial charge in [0.25, 0.3) is 0 Å². The smallest absolute Gasteiger partial charge is 0.325 e. The lowest BCUT2D eigenvalue weighted by atomic mass is 10.1. The molecule has 0 aliphatic heterocycles. The largest absolute Gasteiger partial charge is 0.396 e. The third-order valence-electron chi connectivity index (χ3n) is 2.89. The standard InChI is InChI=1S/C9H14N2O2/c12-6-7-2-1-3-8(7)11-5-4-10-9(11)13/h4-5,7-8,12H,1-3,6H2,(H,10,13)/t7-,8-/m0/s1. The van der Waals surface area contributed by atoms with Crippen LogP contribution in [0.1, 0.15) is 25.3 Å². The number of H-pyrrole nitrogens is 1. The molecule has 0 radical (unpaired) electrons. The number of aliphatic hydroxyl groups excluding tert-OH is 1. The highest BCUT2D eigenvalue weighted by Crippen LogP contribution is 2.34. The van der Waals surface area contributed by atoms with Crippen molar-refractivity contribution in [2.45, 2.75) is 25.3 Å². The summed E-state index contributed by atoms with van der Waals surface area (Å²) in [6, 6.07) is 0.198. The highest BCUT2D eigenvalue weighted by atomic mass is 16.3. The maximum absolute atomic E-state index is 11.3. The third-order valence-corrected chi connectivity index (χ3v) is 2.89. The lowest BCUT2D eigenvalue weighted by molar-refractivity contribution is 0.194. The average Bonchev–Trinajstić information content (AvgIpc) is 2.71. The van der Waals surface area contributed by atoms with Crippen LogP contribution in [0.15, 0.2) is 17.2 Å². The zero-order chi connectivity index (χ0) is 9.26. The van der Waals surface area contributed by atoms with Gasteiger partial charge in [-0.05, 0) is 12.8 Å². The van der Waals surface area contributed by atoms with Gasteiger partial charge < -0.3 is 10.1 Å². The molecule has 0 bridgehead atoms. The van der Waals surface area contributed by atoms with Crippen molar-refractivity contribution < 1.29 is 5.11 Å². The summed E-state index contributed by atoms with van der Waals surface area (Å²) >= 11 is 0. The van der Waals surface area contributed by atoms with Crippen LogP contribution in [0.2, 0.25) is 0 Å². The monoisotopic (exact) mass is 182 g/mol. The first-order chi connectivity index (χ1) is 6.33. The lowest BCUT2D eigenvalue weighted by Gasteiger charge is -2.17. The number of hydrogen-bond acceptors (Lipinski definition) is 2. The zero-order valence-electron chi connectivity index (χ0n) is 7.44. The number of aromatic amines is 1. The van der Waals surface area contributed by atoms with E-state index < -0.39 is 0 Å². The molecule has 0 saturated heterocycles. The normalized spacial score (nSPS) is 28.1. The van der Waals surface area contributed by atoms with Crippen LogP contribution in [0.25, 0.3) is 0 Å². The second-order valence-electron chi connectivity index (χ2n) is 3.61. The molecule has 2 N–H and O–H groups in total. The van der Waals surface area contributed by atoms with E-state index in [-0.39, 0.29) is 24.3 Å². The number of nitrogens with zero attached hydrogens (tertiary/aromatic N) is 1. The molecule has 4 nitrogen and oxygen atoms in total. The Morgan fingerprint density at radius 1 is 1.62 bits per heavy atom. The molecule has 0 aromatic carbocycles. The summed E-state index contributed by atoms with van der Waals surface area (Å²) in [5, 5.41) is 9.10. The van der Waals surface area contributed by atoms with Crippen molar-refractivity contribution in [2.24, 2.45) is 5.92 Å². The van der Waals surface area contributed by atoms with Crippen molar-refractivity contribution in [3.8, 4) is 0 Å². The molecule has 1 aromatic rings. The Balaban J connectivity index is 2.26. The number of aliphatic hydroxyl groups is 1. The molecule has 1 saturated carbocycles. The van der Waals surface area contributed by atoms with E-state index in [0.717, 1.165) is 19.3 Å². The Bertz CT molecular complexity index is 328. The predicted octanol–water partition coefficient (Wildman–Crippen LogP) is 0.510. The van der Waals surface area contributed by atoms with E-state index >= 15 is 0 Å². The van der Waals surface area contributed by atoms with Crippen molar-refractivity contribution in [1.29, 1.82) is 0 Å². The minimum absolute atomic E-state index is 0.0645. The zero-order valence-corrected chi connectivity index (χ0v) is 7.44. The van der Waals surface area contributed by atoms with E-state index in [1.165, 1.54) is 0 Å². The summed E-state index contributed by atoms with van der Waals surface area (Å²) in [4.78, 5) is 13.9. The first-order valence-corrected chi connectivity index (χ1v) is 4.69. The number of hydrogen-bond donors (Lipinski definition) is 2. The molecule has 2 atom stereocenters. The molecule has 1 fully saturated rings. The van der Waals surface area contributed by atoms with Crippen LogP contribution in [-0.2, 0) is 0 Å². The first kappa shape index (κ1) is 8.56. The van der Waals surface area contributed by atoms with Gasteiger partial charge in [0.1, 0.15) is 0 Å². The molecule has 1 aromatic heterocycles. The lowest BCUT2D eigenvalue weighted by Crippen LogP contribution is -2.25. The van der Waals surface area contributed by atoms with E-state index in [1.54, 1.807) is 17.0 Å². The molecule has 0 unspecified atom stereocenters. The average molecular weight is 182 g/mol. The Kier molecular flexibility index (Phi) is 2.22. The maximum atomic E-state index is 11.3. The summed E-state index contributed by atoms with van der Waals surface area (Å²) in [6.07, 6.45) is 6.55. The SMILES string of the molecule is O=c1[nH]ccn1[C@H]1CCC[C@H]1CO. The Labute approximate surface area is 76.2 Å². The summed E-state index contributed by atoms with van der Waals surface area (Å²) in [6.45, 7) is 0.183. The van der Waals surface area contributed by atoms with Crippen LogP contribution in [0.5, 0.6) is 0 Å². The fraction of sp³-hybridized carbons (Fsp3) is 0.667. The molecule has 1 aliphatic rings. The van der Waals surface area contributed by atoms with Crippen molar-refractivity contribution in [3.63, 3.8) is 0 Å². The molecular formula is C9H14N2O2. The van der Waals surface area contributed by atoms with Gasteiger partial charge in [0.15, 0.2) is 0 Å². The van der Waals surface area contributed by atoms with Crippen molar-refractivity contribution in [3.05, 3.63) is 22.9 Å². The Hall–Kier alpha value is -1.03. The molecule has 72 valence electrons. The van der Waals surface area contributed by atoms with Crippen LogP contribution in [-0.4, -0.2) is 21.3 Å². The van der Waals surface area contributed by atoms with Crippen LogP contribution >= 0.6 is 0 Å². The molecule has 1 heterocycles. The van der Waals surface area contributed by atoms with Gasteiger partial charge >= 0.3 is 5.69 Å². The fourth-order valence-corrected chi connectivity index (χ4v) is 2.19. The number of imidazole rings is 1. The molecule has 1 aliphatic carbocycles. The van der Waals surface area contributed by atoms with Gasteiger partial charge in [-0.25, -0.2) is 4.79 Å². The molecule has 0 amide bonds. The molecule has 13 heavy (non-hydrogen) atoms. The fourth-order valence-electron chi connectivity index (χ4n) is 2.19. The second kappa shape index (κ2) is 3.38. The van der Waals surface area contributed by atoms with Crippen molar-refractivity contribution >= 4 is 0 Å². The summed E-state index contributed by atoms with van der Waals surface area (Å²) in [7, 11) is 0. The molecular weight excluding hydrogens is 168 g/mol. The van der Waals surface area contributed by atoms with Crippen LogP contribution in [0.4, 0.5) is 0 Å². The first-order valence-electron chi connectivity index (χ1n) is 4.69. The number of nitrogens with one attached hydrogen (secondary N) is 1. The van der Waals surface area contributed by atoms with E-state index in [0.29, 0.717) is 0 Å². The van der Waals surface area contributed by atoms with Crippen LogP contribution in [0, 0.1) is 5.92 Å². The number of rotatable bonds is 2. The van der Waals surface area contributed by atoms with Crippen LogP contribution in [0.3, 0.4) is 0 Å².